The van der Waals surface area contributed by atoms with Crippen molar-refractivity contribution in [3.05, 3.63) is 65.5 Å². The molecule has 1 atom stereocenters. The van der Waals surface area contributed by atoms with Crippen LogP contribution in [0.25, 0.3) is 17.2 Å². The van der Waals surface area contributed by atoms with Gasteiger partial charge in [0.1, 0.15) is 23.0 Å². The van der Waals surface area contributed by atoms with Gasteiger partial charge in [0.2, 0.25) is 5.88 Å². The summed E-state index contributed by atoms with van der Waals surface area (Å²) < 4.78 is 15.2. The number of pyridine rings is 1. The molecule has 0 aliphatic carbocycles. The number of aromatic nitrogens is 6. The summed E-state index contributed by atoms with van der Waals surface area (Å²) in [6.45, 7) is 9.47. The molecule has 0 bridgehead atoms. The molecule has 0 N–H and O–H groups in total. The van der Waals surface area contributed by atoms with E-state index in [1.165, 1.54) is 11.1 Å². The normalized spacial score (nSPS) is 15.7. The van der Waals surface area contributed by atoms with Gasteiger partial charge < -0.3 is 14.0 Å². The molecular formula is C27H32N6O2. The van der Waals surface area contributed by atoms with Crippen LogP contribution >= 0.6 is 0 Å². The van der Waals surface area contributed by atoms with Gasteiger partial charge in [-0.15, -0.1) is 5.10 Å². The molecule has 1 aromatic carbocycles. The van der Waals surface area contributed by atoms with Gasteiger partial charge in [0.15, 0.2) is 5.82 Å². The molecule has 3 aromatic heterocycles. The van der Waals surface area contributed by atoms with Crippen molar-refractivity contribution in [2.24, 2.45) is 0 Å². The van der Waals surface area contributed by atoms with E-state index < -0.39 is 0 Å². The van der Waals surface area contributed by atoms with E-state index in [0.717, 1.165) is 42.3 Å². The second-order valence-corrected chi connectivity index (χ2v) is 10.1. The van der Waals surface area contributed by atoms with Crippen LogP contribution in [0.5, 0.6) is 11.6 Å². The van der Waals surface area contributed by atoms with Crippen LogP contribution in [0, 0.1) is 6.92 Å². The summed E-state index contributed by atoms with van der Waals surface area (Å²) in [5.74, 6) is 3.11. The van der Waals surface area contributed by atoms with Gasteiger partial charge in [0, 0.05) is 18.7 Å². The molecule has 4 heterocycles. The Morgan fingerprint density at radius 3 is 2.54 bits per heavy atom. The molecule has 0 radical (unpaired) electrons. The second kappa shape index (κ2) is 8.83. The largest absolute Gasteiger partial charge is 0.497 e. The van der Waals surface area contributed by atoms with Crippen LogP contribution in [0.1, 0.15) is 62.2 Å². The third kappa shape index (κ3) is 4.40. The molecular weight excluding hydrogens is 440 g/mol. The van der Waals surface area contributed by atoms with Gasteiger partial charge >= 0.3 is 0 Å². The number of methoxy groups -OCH3 is 2. The summed E-state index contributed by atoms with van der Waals surface area (Å²) in [6.07, 6.45) is 5.76. The number of rotatable bonds is 5. The first kappa shape index (κ1) is 23.1. The quantitative estimate of drug-likeness (QED) is 0.403. The maximum atomic E-state index is 5.65. The molecule has 5 rings (SSSR count). The van der Waals surface area contributed by atoms with E-state index in [1.54, 1.807) is 20.5 Å². The Kier molecular flexibility index (Phi) is 5.83. The number of aryl methyl sites for hydroxylation is 2. The average Bonchev–Trinajstić information content (AvgIpc) is 3.48. The Balaban J connectivity index is 1.53. The lowest BCUT2D eigenvalue weighted by Gasteiger charge is -2.26. The fraction of sp³-hybridized carbons (Fsp3) is 0.407. The van der Waals surface area contributed by atoms with Crippen LogP contribution in [0.2, 0.25) is 0 Å². The number of ether oxygens (including phenoxy) is 2. The minimum atomic E-state index is 0.0206. The summed E-state index contributed by atoms with van der Waals surface area (Å²) in [5, 5.41) is 4.83. The van der Waals surface area contributed by atoms with E-state index in [1.807, 2.05) is 34.5 Å². The monoisotopic (exact) mass is 472 g/mol. The molecule has 1 aliphatic rings. The summed E-state index contributed by atoms with van der Waals surface area (Å²) in [4.78, 5) is 14.0. The van der Waals surface area contributed by atoms with Gasteiger partial charge in [0.25, 0.3) is 0 Å². The Morgan fingerprint density at radius 2 is 1.86 bits per heavy atom. The Labute approximate surface area is 206 Å². The predicted octanol–water partition coefficient (Wildman–Crippen LogP) is 5.07. The lowest BCUT2D eigenvalue weighted by atomic mass is 9.82. The molecule has 0 fully saturated rings. The third-order valence-corrected chi connectivity index (χ3v) is 6.56. The number of hydrogen-bond donors (Lipinski definition) is 0. The van der Waals surface area contributed by atoms with E-state index in [-0.39, 0.29) is 11.3 Å². The van der Waals surface area contributed by atoms with Crippen molar-refractivity contribution in [1.82, 2.24) is 29.3 Å². The summed E-state index contributed by atoms with van der Waals surface area (Å²) in [7, 11) is 3.34. The first-order chi connectivity index (χ1) is 16.8. The number of imidazole rings is 1. The van der Waals surface area contributed by atoms with E-state index >= 15 is 0 Å². The Bertz CT molecular complexity index is 1360. The van der Waals surface area contributed by atoms with Gasteiger partial charge in [-0.3, -0.25) is 0 Å². The Morgan fingerprint density at radius 1 is 1.03 bits per heavy atom. The first-order valence-corrected chi connectivity index (χ1v) is 12.0. The molecule has 0 amide bonds. The van der Waals surface area contributed by atoms with Crippen LogP contribution in [0.4, 0.5) is 0 Å². The molecule has 8 nitrogen and oxygen atoms in total. The zero-order valence-electron chi connectivity index (χ0n) is 21.2. The Hall–Kier alpha value is -3.68. The maximum Gasteiger partial charge on any atom is 0.238 e. The maximum absolute atomic E-state index is 5.65. The van der Waals surface area contributed by atoms with E-state index in [9.17, 15) is 0 Å². The van der Waals surface area contributed by atoms with Crippen molar-refractivity contribution < 1.29 is 9.47 Å². The molecule has 0 saturated heterocycles. The average molecular weight is 473 g/mol. The van der Waals surface area contributed by atoms with E-state index in [0.29, 0.717) is 17.4 Å². The van der Waals surface area contributed by atoms with E-state index in [4.69, 9.17) is 24.5 Å². The lowest BCUT2D eigenvalue weighted by molar-refractivity contribution is 0.396. The van der Waals surface area contributed by atoms with Gasteiger partial charge in [-0.2, -0.15) is 0 Å². The highest BCUT2D eigenvalue weighted by Crippen LogP contribution is 2.38. The molecule has 1 aliphatic heterocycles. The SMILES string of the molecule is COc1cc([C@@H]2CCCn3nc(-c4ccc(-n5cnc(C)c5)c(OC)n4)nc32)cc(C(C)(C)C)c1. The number of benzene rings is 1. The topological polar surface area (TPSA) is 79.9 Å². The zero-order chi connectivity index (χ0) is 24.7. The van der Waals surface area contributed by atoms with E-state index in [2.05, 4.69) is 44.0 Å². The molecule has 35 heavy (non-hydrogen) atoms. The highest BCUT2D eigenvalue weighted by molar-refractivity contribution is 5.56. The molecule has 4 aromatic rings. The summed E-state index contributed by atoms with van der Waals surface area (Å²) in [5.41, 5.74) is 4.92. The lowest BCUT2D eigenvalue weighted by Crippen LogP contribution is -2.19. The van der Waals surface area contributed by atoms with Crippen molar-refractivity contribution in [2.45, 2.75) is 58.4 Å². The van der Waals surface area contributed by atoms with Crippen LogP contribution < -0.4 is 9.47 Å². The summed E-state index contributed by atoms with van der Waals surface area (Å²) >= 11 is 0. The molecule has 182 valence electrons. The van der Waals surface area contributed by atoms with Crippen LogP contribution in [-0.4, -0.2) is 43.5 Å². The fourth-order valence-electron chi connectivity index (χ4n) is 4.61. The van der Waals surface area contributed by atoms with Crippen molar-refractivity contribution in [3.8, 4) is 28.8 Å². The second-order valence-electron chi connectivity index (χ2n) is 10.1. The minimum Gasteiger partial charge on any atom is -0.497 e. The molecule has 0 saturated carbocycles. The first-order valence-electron chi connectivity index (χ1n) is 12.0. The standard InChI is InChI=1S/C27H32N6O2/c1-17-15-32(16-28-17)23-10-9-22(29-26(23)35-6)24-30-25-21(8-7-11-33(25)31-24)18-12-19(27(2,3)4)14-20(13-18)34-5/h9-10,12-16,21H,7-8,11H2,1-6H3/t21-/m0/s1. The number of hydrogen-bond acceptors (Lipinski definition) is 6. The minimum absolute atomic E-state index is 0.0206. The zero-order valence-corrected chi connectivity index (χ0v) is 21.2. The highest BCUT2D eigenvalue weighted by atomic mass is 16.5. The molecule has 0 spiro atoms. The van der Waals surface area contributed by atoms with Gasteiger partial charge in [-0.1, -0.05) is 26.8 Å². The van der Waals surface area contributed by atoms with Crippen molar-refractivity contribution in [1.29, 1.82) is 0 Å². The predicted molar refractivity (Wildman–Crippen MR) is 134 cm³/mol. The van der Waals surface area contributed by atoms with Crippen molar-refractivity contribution in [2.75, 3.05) is 14.2 Å². The smallest absolute Gasteiger partial charge is 0.238 e. The van der Waals surface area contributed by atoms with Gasteiger partial charge in [-0.25, -0.2) is 19.6 Å². The van der Waals surface area contributed by atoms with Crippen LogP contribution in [-0.2, 0) is 12.0 Å². The van der Waals surface area contributed by atoms with Crippen molar-refractivity contribution in [3.63, 3.8) is 0 Å². The molecule has 0 unspecified atom stereocenters. The van der Waals surface area contributed by atoms with Crippen LogP contribution in [0.15, 0.2) is 42.9 Å². The highest BCUT2D eigenvalue weighted by Gasteiger charge is 2.28. The third-order valence-electron chi connectivity index (χ3n) is 6.56. The van der Waals surface area contributed by atoms with Gasteiger partial charge in [0.05, 0.1) is 26.2 Å². The number of nitrogens with zero attached hydrogens (tertiary/aromatic N) is 6. The van der Waals surface area contributed by atoms with Crippen LogP contribution in [0.3, 0.4) is 0 Å². The fourth-order valence-corrected chi connectivity index (χ4v) is 4.61. The van der Waals surface area contributed by atoms with Crippen molar-refractivity contribution >= 4 is 0 Å². The summed E-state index contributed by atoms with van der Waals surface area (Å²) in [6, 6.07) is 10.5. The molecule has 8 heteroatoms. The number of fused-ring (bicyclic) bond motifs is 1. The van der Waals surface area contributed by atoms with Gasteiger partial charge in [-0.05, 0) is 60.6 Å².